The van der Waals surface area contributed by atoms with Gasteiger partial charge in [0.15, 0.2) is 0 Å². The maximum absolute atomic E-state index is 5.62. The van der Waals surface area contributed by atoms with E-state index >= 15 is 0 Å². The third-order valence-corrected chi connectivity index (χ3v) is 3.21. The Morgan fingerprint density at radius 2 is 1.83 bits per heavy atom. The highest BCUT2D eigenvalue weighted by molar-refractivity contribution is 5.27. The van der Waals surface area contributed by atoms with Gasteiger partial charge < -0.3 is 4.74 Å². The molecule has 102 valence electrons. The van der Waals surface area contributed by atoms with E-state index in [1.807, 2.05) is 12.1 Å². The molecule has 0 bridgehead atoms. The van der Waals surface area contributed by atoms with Gasteiger partial charge >= 0.3 is 0 Å². The van der Waals surface area contributed by atoms with Gasteiger partial charge in [0.2, 0.25) is 0 Å². The maximum Gasteiger partial charge on any atom is 0.118 e. The maximum atomic E-state index is 5.62. The Kier molecular flexibility index (Phi) is 6.76. The van der Waals surface area contributed by atoms with Crippen LogP contribution in [0.25, 0.3) is 0 Å². The predicted octanol–water partition coefficient (Wildman–Crippen LogP) is 2.90. The summed E-state index contributed by atoms with van der Waals surface area (Å²) < 4.78 is 5.15. The number of hydrazine groups is 1. The molecule has 0 saturated heterocycles. The molecule has 0 aromatic heterocycles. The molecule has 0 amide bonds. The zero-order valence-electron chi connectivity index (χ0n) is 11.8. The number of benzene rings is 1. The molecule has 1 unspecified atom stereocenters. The van der Waals surface area contributed by atoms with Gasteiger partial charge in [-0.2, -0.15) is 0 Å². The van der Waals surface area contributed by atoms with Crippen LogP contribution in [0.1, 0.15) is 38.7 Å². The number of ether oxygens (including phenoxy) is 1. The molecular weight excluding hydrogens is 224 g/mol. The minimum absolute atomic E-state index is 0.358. The van der Waals surface area contributed by atoms with E-state index in [0.29, 0.717) is 6.04 Å². The zero-order chi connectivity index (χ0) is 13.4. The van der Waals surface area contributed by atoms with E-state index < -0.39 is 0 Å². The smallest absolute Gasteiger partial charge is 0.118 e. The van der Waals surface area contributed by atoms with Gasteiger partial charge in [0.05, 0.1) is 7.11 Å². The molecule has 1 aromatic rings. The second kappa shape index (κ2) is 8.11. The van der Waals surface area contributed by atoms with Crippen molar-refractivity contribution >= 4 is 0 Å². The Balaban J connectivity index is 2.41. The molecule has 0 spiro atoms. The summed E-state index contributed by atoms with van der Waals surface area (Å²) in [6.45, 7) is 4.52. The van der Waals surface area contributed by atoms with Crippen LogP contribution in [-0.2, 0) is 6.42 Å². The molecule has 0 aliphatic rings. The third kappa shape index (κ3) is 5.52. The summed E-state index contributed by atoms with van der Waals surface area (Å²) in [4.78, 5) is 0. The van der Waals surface area contributed by atoms with Crippen LogP contribution in [0, 0.1) is 5.92 Å². The lowest BCUT2D eigenvalue weighted by Gasteiger charge is -2.16. The van der Waals surface area contributed by atoms with E-state index in [4.69, 9.17) is 10.6 Å². The number of hydrogen-bond acceptors (Lipinski definition) is 3. The van der Waals surface area contributed by atoms with Crippen LogP contribution in [0.5, 0.6) is 5.75 Å². The molecule has 18 heavy (non-hydrogen) atoms. The van der Waals surface area contributed by atoms with Crippen molar-refractivity contribution in [2.75, 3.05) is 7.11 Å². The first kappa shape index (κ1) is 15.0. The van der Waals surface area contributed by atoms with Crippen molar-refractivity contribution in [2.45, 2.75) is 45.6 Å². The zero-order valence-corrected chi connectivity index (χ0v) is 11.8. The molecule has 1 atom stereocenters. The number of nitrogens with two attached hydrogens (primary N) is 1. The monoisotopic (exact) mass is 250 g/mol. The summed E-state index contributed by atoms with van der Waals surface area (Å²) in [7, 11) is 1.69. The van der Waals surface area contributed by atoms with Gasteiger partial charge in [-0.25, -0.2) is 0 Å². The molecule has 3 heteroatoms. The van der Waals surface area contributed by atoms with E-state index in [0.717, 1.165) is 24.5 Å². The standard InChI is InChI=1S/C15H26N2O/c1-12(2)5-4-6-14(17-16)11-13-7-9-15(18-3)10-8-13/h7-10,12,14,17H,4-6,11,16H2,1-3H3. The fourth-order valence-electron chi connectivity index (χ4n) is 2.06. The summed E-state index contributed by atoms with van der Waals surface area (Å²) in [5, 5.41) is 0. The van der Waals surface area contributed by atoms with Gasteiger partial charge in [0, 0.05) is 6.04 Å². The topological polar surface area (TPSA) is 47.3 Å². The van der Waals surface area contributed by atoms with E-state index in [2.05, 4.69) is 31.4 Å². The van der Waals surface area contributed by atoms with Crippen molar-refractivity contribution in [1.82, 2.24) is 5.43 Å². The minimum Gasteiger partial charge on any atom is -0.497 e. The summed E-state index contributed by atoms with van der Waals surface area (Å²) in [5.41, 5.74) is 4.22. The number of methoxy groups -OCH3 is 1. The Labute approximate surface area is 111 Å². The summed E-state index contributed by atoms with van der Waals surface area (Å²) in [6.07, 6.45) is 4.59. The van der Waals surface area contributed by atoms with Crippen molar-refractivity contribution in [2.24, 2.45) is 11.8 Å². The lowest BCUT2D eigenvalue weighted by atomic mass is 9.98. The highest BCUT2D eigenvalue weighted by Gasteiger charge is 2.08. The van der Waals surface area contributed by atoms with Crippen LogP contribution in [0.3, 0.4) is 0 Å². The fourth-order valence-corrected chi connectivity index (χ4v) is 2.06. The second-order valence-corrected chi connectivity index (χ2v) is 5.24. The summed E-state index contributed by atoms with van der Waals surface area (Å²) >= 11 is 0. The quantitative estimate of drug-likeness (QED) is 0.551. The Morgan fingerprint density at radius 3 is 2.33 bits per heavy atom. The lowest BCUT2D eigenvalue weighted by Crippen LogP contribution is -2.36. The van der Waals surface area contributed by atoms with Gasteiger partial charge in [-0.3, -0.25) is 11.3 Å². The Hall–Kier alpha value is -1.06. The molecule has 1 aromatic carbocycles. The van der Waals surface area contributed by atoms with E-state index in [1.54, 1.807) is 7.11 Å². The van der Waals surface area contributed by atoms with Gasteiger partial charge in [-0.05, 0) is 36.5 Å². The molecule has 3 nitrogen and oxygen atoms in total. The molecular formula is C15H26N2O. The van der Waals surface area contributed by atoms with Gasteiger partial charge in [0.25, 0.3) is 0 Å². The summed E-state index contributed by atoms with van der Waals surface area (Å²) in [5.74, 6) is 7.29. The first-order valence-corrected chi connectivity index (χ1v) is 6.74. The lowest BCUT2D eigenvalue weighted by molar-refractivity contribution is 0.414. The van der Waals surface area contributed by atoms with Crippen LogP contribution >= 0.6 is 0 Å². The predicted molar refractivity (Wildman–Crippen MR) is 76.5 cm³/mol. The first-order valence-electron chi connectivity index (χ1n) is 6.74. The van der Waals surface area contributed by atoms with Crippen molar-refractivity contribution < 1.29 is 4.74 Å². The average Bonchev–Trinajstić information content (AvgIpc) is 2.38. The van der Waals surface area contributed by atoms with E-state index in [1.165, 1.54) is 18.4 Å². The molecule has 0 saturated carbocycles. The normalized spacial score (nSPS) is 12.7. The molecule has 0 fully saturated rings. The molecule has 3 N–H and O–H groups in total. The van der Waals surface area contributed by atoms with Crippen LogP contribution in [0.4, 0.5) is 0 Å². The van der Waals surface area contributed by atoms with E-state index in [-0.39, 0.29) is 0 Å². The van der Waals surface area contributed by atoms with Gasteiger partial charge in [-0.1, -0.05) is 38.8 Å². The minimum atomic E-state index is 0.358. The Bertz CT molecular complexity index is 322. The first-order chi connectivity index (χ1) is 8.65. The van der Waals surface area contributed by atoms with Crippen molar-refractivity contribution in [3.63, 3.8) is 0 Å². The molecule has 1 rings (SSSR count). The Morgan fingerprint density at radius 1 is 1.17 bits per heavy atom. The van der Waals surface area contributed by atoms with Crippen LogP contribution in [0.2, 0.25) is 0 Å². The SMILES string of the molecule is COc1ccc(CC(CCCC(C)C)NN)cc1. The second-order valence-electron chi connectivity index (χ2n) is 5.24. The highest BCUT2D eigenvalue weighted by Crippen LogP contribution is 2.15. The van der Waals surface area contributed by atoms with Gasteiger partial charge in [0.1, 0.15) is 5.75 Å². The number of nitrogens with one attached hydrogen (secondary N) is 1. The average molecular weight is 250 g/mol. The van der Waals surface area contributed by atoms with Crippen LogP contribution < -0.4 is 16.0 Å². The van der Waals surface area contributed by atoms with E-state index in [9.17, 15) is 0 Å². The number of rotatable bonds is 8. The molecule has 0 aliphatic heterocycles. The van der Waals surface area contributed by atoms with Crippen molar-refractivity contribution in [3.8, 4) is 5.75 Å². The molecule has 0 radical (unpaired) electrons. The van der Waals surface area contributed by atoms with Gasteiger partial charge in [-0.15, -0.1) is 0 Å². The molecule has 0 heterocycles. The fraction of sp³-hybridized carbons (Fsp3) is 0.600. The van der Waals surface area contributed by atoms with Crippen LogP contribution in [0.15, 0.2) is 24.3 Å². The largest absolute Gasteiger partial charge is 0.497 e. The summed E-state index contributed by atoms with van der Waals surface area (Å²) in [6, 6.07) is 8.56. The van der Waals surface area contributed by atoms with Crippen LogP contribution in [-0.4, -0.2) is 13.2 Å². The number of hydrogen-bond donors (Lipinski definition) is 2. The van der Waals surface area contributed by atoms with Crippen molar-refractivity contribution in [1.29, 1.82) is 0 Å². The van der Waals surface area contributed by atoms with Crippen molar-refractivity contribution in [3.05, 3.63) is 29.8 Å². The highest BCUT2D eigenvalue weighted by atomic mass is 16.5. The third-order valence-electron chi connectivity index (χ3n) is 3.21. The molecule has 0 aliphatic carbocycles.